The minimum Gasteiger partial charge on any atom is -0.336 e. The monoisotopic (exact) mass is 298 g/mol. The third-order valence-corrected chi connectivity index (χ3v) is 3.43. The van der Waals surface area contributed by atoms with Crippen LogP contribution in [0.4, 0.5) is 19.1 Å². The number of halogens is 3. The molecule has 0 radical (unpaired) electrons. The summed E-state index contributed by atoms with van der Waals surface area (Å²) in [5, 5.41) is 4.02. The van der Waals surface area contributed by atoms with Crippen LogP contribution in [0.15, 0.2) is 24.9 Å². The Labute approximate surface area is 118 Å². The molecule has 2 aromatic rings. The molecule has 1 aliphatic rings. The van der Waals surface area contributed by atoms with E-state index in [0.717, 1.165) is 25.1 Å². The first-order valence-electron chi connectivity index (χ1n) is 6.53. The Bertz CT molecular complexity index is 597. The molecule has 1 atom stereocenters. The van der Waals surface area contributed by atoms with E-state index in [-0.39, 0.29) is 12.0 Å². The molecule has 2 aromatic heterocycles. The van der Waals surface area contributed by atoms with Crippen LogP contribution < -0.4 is 4.90 Å². The maximum absolute atomic E-state index is 12.7. The zero-order chi connectivity index (χ0) is 14.9. The molecular formula is C12H13F3N6. The van der Waals surface area contributed by atoms with Crippen LogP contribution in [0.25, 0.3) is 0 Å². The summed E-state index contributed by atoms with van der Waals surface area (Å²) in [6, 6.07) is 0.904. The Morgan fingerprint density at radius 1 is 1.33 bits per heavy atom. The Kier molecular flexibility index (Phi) is 3.48. The molecule has 21 heavy (non-hydrogen) atoms. The molecule has 112 valence electrons. The molecule has 3 rings (SSSR count). The summed E-state index contributed by atoms with van der Waals surface area (Å²) in [5.41, 5.74) is -0.918. The fourth-order valence-corrected chi connectivity index (χ4v) is 2.48. The Hall–Kier alpha value is -2.19. The van der Waals surface area contributed by atoms with Gasteiger partial charge in [-0.3, -0.25) is 4.68 Å². The second-order valence-corrected chi connectivity index (χ2v) is 4.85. The van der Waals surface area contributed by atoms with E-state index in [4.69, 9.17) is 0 Å². The van der Waals surface area contributed by atoms with Crippen molar-refractivity contribution >= 4 is 5.95 Å². The van der Waals surface area contributed by atoms with Gasteiger partial charge in [0, 0.05) is 12.7 Å². The first kappa shape index (κ1) is 13.8. The number of alkyl halides is 3. The number of aromatic nitrogens is 5. The molecule has 1 fully saturated rings. The van der Waals surface area contributed by atoms with Crippen molar-refractivity contribution in [3.05, 3.63) is 30.6 Å². The van der Waals surface area contributed by atoms with Crippen molar-refractivity contribution < 1.29 is 13.2 Å². The SMILES string of the molecule is FC(F)(F)c1ccnc(N2CCC[C@H]2Cn2cncn2)n1. The van der Waals surface area contributed by atoms with Crippen molar-refractivity contribution in [1.82, 2.24) is 24.7 Å². The summed E-state index contributed by atoms with van der Waals surface area (Å²) in [6.45, 7) is 1.19. The first-order valence-corrected chi connectivity index (χ1v) is 6.53. The highest BCUT2D eigenvalue weighted by Crippen LogP contribution is 2.30. The van der Waals surface area contributed by atoms with E-state index in [0.29, 0.717) is 13.1 Å². The third-order valence-electron chi connectivity index (χ3n) is 3.43. The van der Waals surface area contributed by atoms with Gasteiger partial charge >= 0.3 is 6.18 Å². The minimum atomic E-state index is -4.46. The molecule has 0 spiro atoms. The molecule has 1 saturated heterocycles. The van der Waals surface area contributed by atoms with Crippen molar-refractivity contribution in [2.45, 2.75) is 31.6 Å². The van der Waals surface area contributed by atoms with Gasteiger partial charge < -0.3 is 4.90 Å². The van der Waals surface area contributed by atoms with E-state index in [1.165, 1.54) is 6.33 Å². The normalized spacial score (nSPS) is 19.2. The summed E-state index contributed by atoms with van der Waals surface area (Å²) < 4.78 is 39.8. The van der Waals surface area contributed by atoms with Crippen LogP contribution in [0.2, 0.25) is 0 Å². The van der Waals surface area contributed by atoms with Gasteiger partial charge in [-0.2, -0.15) is 18.3 Å². The summed E-state index contributed by atoms with van der Waals surface area (Å²) in [6.07, 6.45) is 1.46. The molecule has 0 amide bonds. The van der Waals surface area contributed by atoms with Crippen molar-refractivity contribution in [3.8, 4) is 0 Å². The van der Waals surface area contributed by atoms with Crippen LogP contribution >= 0.6 is 0 Å². The molecule has 0 aliphatic carbocycles. The second kappa shape index (κ2) is 5.30. The number of rotatable bonds is 3. The van der Waals surface area contributed by atoms with Crippen molar-refractivity contribution in [1.29, 1.82) is 0 Å². The van der Waals surface area contributed by atoms with Gasteiger partial charge in [0.2, 0.25) is 5.95 Å². The van der Waals surface area contributed by atoms with Crippen LogP contribution in [0, 0.1) is 0 Å². The van der Waals surface area contributed by atoms with Gasteiger partial charge in [-0.05, 0) is 18.9 Å². The van der Waals surface area contributed by atoms with Crippen molar-refractivity contribution in [3.63, 3.8) is 0 Å². The predicted octanol–water partition coefficient (Wildman–Crippen LogP) is 1.76. The van der Waals surface area contributed by atoms with Crippen LogP contribution in [-0.4, -0.2) is 37.3 Å². The maximum Gasteiger partial charge on any atom is 0.433 e. The third kappa shape index (κ3) is 2.96. The molecular weight excluding hydrogens is 285 g/mol. The Morgan fingerprint density at radius 2 is 2.19 bits per heavy atom. The topological polar surface area (TPSA) is 59.7 Å². The molecule has 0 bridgehead atoms. The van der Waals surface area contributed by atoms with Crippen LogP contribution in [-0.2, 0) is 12.7 Å². The van der Waals surface area contributed by atoms with Gasteiger partial charge in [-0.25, -0.2) is 15.0 Å². The van der Waals surface area contributed by atoms with E-state index in [2.05, 4.69) is 20.1 Å². The molecule has 1 aliphatic heterocycles. The molecule has 0 saturated carbocycles. The average molecular weight is 298 g/mol. The van der Waals surface area contributed by atoms with Gasteiger partial charge in [-0.15, -0.1) is 0 Å². The number of hydrogen-bond acceptors (Lipinski definition) is 5. The van der Waals surface area contributed by atoms with Gasteiger partial charge in [0.05, 0.1) is 12.6 Å². The molecule has 9 heteroatoms. The maximum atomic E-state index is 12.7. The standard InChI is InChI=1S/C12H13F3N6/c13-12(14,15)10-3-4-17-11(19-10)21-5-1-2-9(21)6-20-8-16-7-18-20/h3-4,7-9H,1-2,5-6H2/t9-/m0/s1. The lowest BCUT2D eigenvalue weighted by Crippen LogP contribution is -2.34. The first-order chi connectivity index (χ1) is 10.0. The van der Waals surface area contributed by atoms with Crippen LogP contribution in [0.1, 0.15) is 18.5 Å². The Balaban J connectivity index is 1.82. The van der Waals surface area contributed by atoms with E-state index in [9.17, 15) is 13.2 Å². The quantitative estimate of drug-likeness (QED) is 0.864. The second-order valence-electron chi connectivity index (χ2n) is 4.85. The van der Waals surface area contributed by atoms with Gasteiger partial charge in [0.1, 0.15) is 18.3 Å². The van der Waals surface area contributed by atoms with Gasteiger partial charge in [-0.1, -0.05) is 0 Å². The molecule has 0 N–H and O–H groups in total. The van der Waals surface area contributed by atoms with Crippen molar-refractivity contribution in [2.75, 3.05) is 11.4 Å². The van der Waals surface area contributed by atoms with E-state index < -0.39 is 11.9 Å². The fourth-order valence-electron chi connectivity index (χ4n) is 2.48. The van der Waals surface area contributed by atoms with Crippen molar-refractivity contribution in [2.24, 2.45) is 0 Å². The van der Waals surface area contributed by atoms with Gasteiger partial charge in [0.25, 0.3) is 0 Å². The largest absolute Gasteiger partial charge is 0.433 e. The van der Waals surface area contributed by atoms with Gasteiger partial charge in [0.15, 0.2) is 0 Å². The lowest BCUT2D eigenvalue weighted by Gasteiger charge is -2.24. The average Bonchev–Trinajstić information content (AvgIpc) is 3.10. The molecule has 0 aromatic carbocycles. The lowest BCUT2D eigenvalue weighted by atomic mass is 10.2. The smallest absolute Gasteiger partial charge is 0.336 e. The highest BCUT2D eigenvalue weighted by molar-refractivity contribution is 5.34. The highest BCUT2D eigenvalue weighted by Gasteiger charge is 2.34. The zero-order valence-electron chi connectivity index (χ0n) is 11.0. The van der Waals surface area contributed by atoms with E-state index in [1.54, 1.807) is 15.9 Å². The molecule has 3 heterocycles. The fraction of sp³-hybridized carbons (Fsp3) is 0.500. The number of hydrogen-bond donors (Lipinski definition) is 0. The van der Waals surface area contributed by atoms with E-state index in [1.807, 2.05) is 0 Å². The summed E-state index contributed by atoms with van der Waals surface area (Å²) >= 11 is 0. The minimum absolute atomic E-state index is 0.0233. The zero-order valence-corrected chi connectivity index (χ0v) is 11.0. The summed E-state index contributed by atoms with van der Waals surface area (Å²) in [7, 11) is 0. The number of nitrogens with zero attached hydrogens (tertiary/aromatic N) is 6. The lowest BCUT2D eigenvalue weighted by molar-refractivity contribution is -0.141. The Morgan fingerprint density at radius 3 is 2.90 bits per heavy atom. The van der Waals surface area contributed by atoms with Crippen LogP contribution in [0.3, 0.4) is 0 Å². The summed E-state index contributed by atoms with van der Waals surface area (Å²) in [5.74, 6) is 0.118. The molecule has 0 unspecified atom stereocenters. The predicted molar refractivity (Wildman–Crippen MR) is 67.4 cm³/mol. The number of anilines is 1. The molecule has 6 nitrogen and oxygen atoms in total. The van der Waals surface area contributed by atoms with Crippen LogP contribution in [0.5, 0.6) is 0 Å². The van der Waals surface area contributed by atoms with E-state index >= 15 is 0 Å². The summed E-state index contributed by atoms with van der Waals surface area (Å²) in [4.78, 5) is 13.3. The highest BCUT2D eigenvalue weighted by atomic mass is 19.4.